The molecule has 0 amide bonds. The number of phenols is 1. The van der Waals surface area contributed by atoms with Crippen LogP contribution in [-0.4, -0.2) is 45.7 Å². The normalized spacial score (nSPS) is 12.1. The van der Waals surface area contributed by atoms with Gasteiger partial charge in [-0.15, -0.1) is 0 Å². The van der Waals surface area contributed by atoms with Gasteiger partial charge in [0.1, 0.15) is 11.3 Å². The van der Waals surface area contributed by atoms with Gasteiger partial charge in [0.05, 0.1) is 12.7 Å². The summed E-state index contributed by atoms with van der Waals surface area (Å²) in [5, 5.41) is 38.4. The Balaban J connectivity index is 2.70. The number of rotatable bonds is 5. The summed E-state index contributed by atoms with van der Waals surface area (Å²) in [4.78, 5) is 10.6. The van der Waals surface area contributed by atoms with Crippen molar-refractivity contribution in [1.29, 1.82) is 0 Å². The Morgan fingerprint density at radius 2 is 2.12 bits per heavy atom. The minimum absolute atomic E-state index is 0.113. The predicted octanol–water partition coefficient (Wildman–Crippen LogP) is -0.145. The number of carboxylic acid groups (broad SMARTS) is 1. The van der Waals surface area contributed by atoms with E-state index in [1.54, 1.807) is 0 Å². The van der Waals surface area contributed by atoms with Crippen molar-refractivity contribution in [2.75, 3.05) is 18.5 Å². The van der Waals surface area contributed by atoms with E-state index in [2.05, 4.69) is 5.32 Å². The van der Waals surface area contributed by atoms with Crippen LogP contribution >= 0.6 is 0 Å². The number of aliphatic hydroxyl groups excluding tert-OH is 2. The minimum atomic E-state index is -1.21. The minimum Gasteiger partial charge on any atom is -0.507 e. The van der Waals surface area contributed by atoms with Gasteiger partial charge >= 0.3 is 5.97 Å². The van der Waals surface area contributed by atoms with Crippen molar-refractivity contribution in [1.82, 2.24) is 0 Å². The number of benzene rings is 1. The summed E-state index contributed by atoms with van der Waals surface area (Å²) < 4.78 is 0. The quantitative estimate of drug-likeness (QED) is 0.478. The summed E-state index contributed by atoms with van der Waals surface area (Å²) >= 11 is 0. The van der Waals surface area contributed by atoms with E-state index in [9.17, 15) is 9.90 Å². The molecular formula is C10H13NO5. The number of carbonyl (C=O) groups is 1. The van der Waals surface area contributed by atoms with Gasteiger partial charge in [0.25, 0.3) is 0 Å². The summed E-state index contributed by atoms with van der Waals surface area (Å²) in [5.41, 5.74) is 0.281. The summed E-state index contributed by atoms with van der Waals surface area (Å²) in [6.07, 6.45) is -0.902. The standard InChI is InChI=1S/C10H13NO5/c12-5-7(13)4-11-6-1-2-8(10(15)16)9(14)3-6/h1-3,7,11-14H,4-5H2,(H,15,16). The highest BCUT2D eigenvalue weighted by molar-refractivity contribution is 5.91. The van der Waals surface area contributed by atoms with Crippen molar-refractivity contribution in [3.63, 3.8) is 0 Å². The van der Waals surface area contributed by atoms with Crippen LogP contribution in [0.15, 0.2) is 18.2 Å². The lowest BCUT2D eigenvalue weighted by molar-refractivity contribution is 0.0693. The molecule has 0 spiro atoms. The number of nitrogens with one attached hydrogen (secondary N) is 1. The molecule has 16 heavy (non-hydrogen) atoms. The van der Waals surface area contributed by atoms with E-state index in [1.807, 2.05) is 0 Å². The molecule has 1 unspecified atom stereocenters. The number of carboxylic acids is 1. The molecule has 88 valence electrons. The number of hydrogen-bond acceptors (Lipinski definition) is 5. The molecule has 0 radical (unpaired) electrons. The number of aromatic carboxylic acids is 1. The van der Waals surface area contributed by atoms with Crippen LogP contribution in [0, 0.1) is 0 Å². The monoisotopic (exact) mass is 227 g/mol. The zero-order chi connectivity index (χ0) is 12.1. The van der Waals surface area contributed by atoms with E-state index in [1.165, 1.54) is 18.2 Å². The van der Waals surface area contributed by atoms with Gasteiger partial charge in [-0.25, -0.2) is 4.79 Å². The van der Waals surface area contributed by atoms with Crippen LogP contribution in [0.2, 0.25) is 0 Å². The van der Waals surface area contributed by atoms with Gasteiger partial charge in [-0.1, -0.05) is 0 Å². The van der Waals surface area contributed by atoms with E-state index in [0.29, 0.717) is 5.69 Å². The predicted molar refractivity (Wildman–Crippen MR) is 56.6 cm³/mol. The van der Waals surface area contributed by atoms with Gasteiger partial charge < -0.3 is 25.7 Å². The third-order valence-electron chi connectivity index (χ3n) is 1.98. The van der Waals surface area contributed by atoms with Crippen LogP contribution in [0.5, 0.6) is 5.75 Å². The SMILES string of the molecule is O=C(O)c1ccc(NCC(O)CO)cc1O. The second-order valence-electron chi connectivity index (χ2n) is 3.25. The molecule has 1 aromatic rings. The molecule has 0 saturated carbocycles. The lowest BCUT2D eigenvalue weighted by Gasteiger charge is -2.10. The van der Waals surface area contributed by atoms with E-state index in [-0.39, 0.29) is 24.5 Å². The van der Waals surface area contributed by atoms with E-state index in [4.69, 9.17) is 15.3 Å². The molecule has 1 rings (SSSR count). The maximum absolute atomic E-state index is 10.6. The molecule has 6 heteroatoms. The molecule has 0 heterocycles. The highest BCUT2D eigenvalue weighted by Gasteiger charge is 2.09. The number of hydrogen-bond donors (Lipinski definition) is 5. The third kappa shape index (κ3) is 3.11. The molecule has 0 aliphatic rings. The van der Waals surface area contributed by atoms with E-state index >= 15 is 0 Å². The number of aliphatic hydroxyl groups is 2. The lowest BCUT2D eigenvalue weighted by Crippen LogP contribution is -2.22. The smallest absolute Gasteiger partial charge is 0.339 e. The average Bonchev–Trinajstić information content (AvgIpc) is 2.25. The largest absolute Gasteiger partial charge is 0.507 e. The summed E-state index contributed by atoms with van der Waals surface area (Å²) in [5.74, 6) is -1.56. The Morgan fingerprint density at radius 1 is 1.44 bits per heavy atom. The maximum atomic E-state index is 10.6. The maximum Gasteiger partial charge on any atom is 0.339 e. The first-order valence-electron chi connectivity index (χ1n) is 4.63. The topological polar surface area (TPSA) is 110 Å². The molecule has 1 aromatic carbocycles. The zero-order valence-electron chi connectivity index (χ0n) is 8.42. The van der Waals surface area contributed by atoms with Gasteiger partial charge in [-0.3, -0.25) is 0 Å². The Morgan fingerprint density at radius 3 is 2.62 bits per heavy atom. The van der Waals surface area contributed by atoms with Crippen molar-refractivity contribution in [2.24, 2.45) is 0 Å². The van der Waals surface area contributed by atoms with Gasteiger partial charge in [0.2, 0.25) is 0 Å². The van der Waals surface area contributed by atoms with Crippen molar-refractivity contribution in [3.05, 3.63) is 23.8 Å². The first-order chi connectivity index (χ1) is 7.54. The Hall–Kier alpha value is -1.79. The van der Waals surface area contributed by atoms with Crippen LogP contribution < -0.4 is 5.32 Å². The summed E-state index contributed by atoms with van der Waals surface area (Å²) in [6.45, 7) is -0.255. The van der Waals surface area contributed by atoms with Crippen LogP contribution in [0.4, 0.5) is 5.69 Å². The van der Waals surface area contributed by atoms with E-state index in [0.717, 1.165) is 0 Å². The third-order valence-corrected chi connectivity index (χ3v) is 1.98. The van der Waals surface area contributed by atoms with Gasteiger partial charge in [-0.2, -0.15) is 0 Å². The molecular weight excluding hydrogens is 214 g/mol. The first-order valence-corrected chi connectivity index (χ1v) is 4.63. The summed E-state index contributed by atoms with van der Waals surface area (Å²) in [7, 11) is 0. The van der Waals surface area contributed by atoms with Crippen LogP contribution in [0.1, 0.15) is 10.4 Å². The van der Waals surface area contributed by atoms with Crippen molar-refractivity contribution in [3.8, 4) is 5.75 Å². The fourth-order valence-corrected chi connectivity index (χ4v) is 1.12. The van der Waals surface area contributed by atoms with E-state index < -0.39 is 12.1 Å². The van der Waals surface area contributed by atoms with Gasteiger partial charge in [-0.05, 0) is 12.1 Å². The molecule has 0 fully saturated rings. The Kier molecular flexibility index (Phi) is 4.10. The second-order valence-corrected chi connectivity index (χ2v) is 3.25. The first kappa shape index (κ1) is 12.3. The molecule has 1 atom stereocenters. The second kappa shape index (κ2) is 5.34. The van der Waals surface area contributed by atoms with Crippen molar-refractivity contribution in [2.45, 2.75) is 6.10 Å². The van der Waals surface area contributed by atoms with Crippen LogP contribution in [0.25, 0.3) is 0 Å². The van der Waals surface area contributed by atoms with Crippen LogP contribution in [0.3, 0.4) is 0 Å². The number of aromatic hydroxyl groups is 1. The Labute approximate surface area is 91.8 Å². The Bertz CT molecular complexity index is 379. The highest BCUT2D eigenvalue weighted by atomic mass is 16.4. The molecule has 0 aliphatic heterocycles. The molecule has 0 saturated heterocycles. The van der Waals surface area contributed by atoms with Crippen molar-refractivity contribution >= 4 is 11.7 Å². The van der Waals surface area contributed by atoms with Crippen LogP contribution in [-0.2, 0) is 0 Å². The molecule has 5 N–H and O–H groups in total. The fraction of sp³-hybridized carbons (Fsp3) is 0.300. The lowest BCUT2D eigenvalue weighted by atomic mass is 10.2. The average molecular weight is 227 g/mol. The van der Waals surface area contributed by atoms with Crippen molar-refractivity contribution < 1.29 is 25.2 Å². The zero-order valence-corrected chi connectivity index (χ0v) is 8.42. The van der Waals surface area contributed by atoms with Gasteiger partial charge in [0, 0.05) is 18.3 Å². The number of anilines is 1. The fourth-order valence-electron chi connectivity index (χ4n) is 1.12. The molecule has 0 aromatic heterocycles. The molecule has 6 nitrogen and oxygen atoms in total. The highest BCUT2D eigenvalue weighted by Crippen LogP contribution is 2.21. The molecule has 0 aliphatic carbocycles. The van der Waals surface area contributed by atoms with Gasteiger partial charge in [0.15, 0.2) is 0 Å². The molecule has 0 bridgehead atoms. The summed E-state index contributed by atoms with van der Waals surface area (Å²) in [6, 6.07) is 3.96.